The number of hydrogen-bond acceptors (Lipinski definition) is 5. The van der Waals surface area contributed by atoms with Crippen LogP contribution in [0.15, 0.2) is 78.9 Å². The van der Waals surface area contributed by atoms with Gasteiger partial charge < -0.3 is 20.2 Å². The number of aromatic nitrogens is 2. The molecule has 1 fully saturated rings. The van der Waals surface area contributed by atoms with E-state index in [1.807, 2.05) is 36.4 Å². The second-order valence-corrected chi connectivity index (χ2v) is 7.75. The minimum Gasteiger partial charge on any atom is -0.617 e. The lowest BCUT2D eigenvalue weighted by atomic mass is 10.1. The van der Waals surface area contributed by atoms with E-state index in [1.165, 1.54) is 5.69 Å². The number of nitrogens with zero attached hydrogens (tertiary/aromatic N) is 5. The maximum atomic E-state index is 13.1. The minimum atomic E-state index is -0.204. The molecule has 1 aliphatic rings. The van der Waals surface area contributed by atoms with E-state index in [0.29, 0.717) is 15.0 Å². The van der Waals surface area contributed by atoms with E-state index < -0.39 is 0 Å². The Kier molecular flexibility index (Phi) is 4.96. The molecule has 1 saturated heterocycles. The van der Waals surface area contributed by atoms with Crippen molar-refractivity contribution in [3.05, 3.63) is 95.0 Å². The Morgan fingerprint density at radius 2 is 1.28 bits per heavy atom. The van der Waals surface area contributed by atoms with Gasteiger partial charge in [0, 0.05) is 49.7 Å². The summed E-state index contributed by atoms with van der Waals surface area (Å²) in [7, 11) is 0. The van der Waals surface area contributed by atoms with Crippen LogP contribution in [0.1, 0.15) is 5.69 Å². The fraction of sp³-hybridized carbons (Fsp3) is 0.160. The summed E-state index contributed by atoms with van der Waals surface area (Å²) in [4.78, 5) is 4.53. The van der Waals surface area contributed by atoms with E-state index in [2.05, 4.69) is 21.9 Å². The van der Waals surface area contributed by atoms with Crippen molar-refractivity contribution in [2.24, 2.45) is 0 Å². The number of anilines is 2. The topological polar surface area (TPSA) is 84.2 Å². The SMILES string of the molecule is N#Cc1c(-c2ccccc2)[n+]([O-])c2ccc(N3CCN(c4ccccc4)CC3)cc2[n+]1[O-]. The van der Waals surface area contributed by atoms with Crippen molar-refractivity contribution in [3.63, 3.8) is 0 Å². The fourth-order valence-corrected chi connectivity index (χ4v) is 4.29. The second-order valence-electron chi connectivity index (χ2n) is 7.75. The first-order valence-electron chi connectivity index (χ1n) is 10.5. The van der Waals surface area contributed by atoms with Crippen LogP contribution in [0.4, 0.5) is 11.4 Å². The fourth-order valence-electron chi connectivity index (χ4n) is 4.29. The van der Waals surface area contributed by atoms with E-state index >= 15 is 0 Å². The molecule has 0 radical (unpaired) electrons. The molecule has 0 unspecified atom stereocenters. The molecular formula is C25H21N5O2. The molecule has 32 heavy (non-hydrogen) atoms. The summed E-state index contributed by atoms with van der Waals surface area (Å²) in [5.41, 5.74) is 2.90. The molecule has 7 heteroatoms. The third kappa shape index (κ3) is 3.32. The number of rotatable bonds is 3. The van der Waals surface area contributed by atoms with Crippen LogP contribution < -0.4 is 19.3 Å². The van der Waals surface area contributed by atoms with E-state index in [4.69, 9.17) is 0 Å². The lowest BCUT2D eigenvalue weighted by Crippen LogP contribution is -2.47. The van der Waals surface area contributed by atoms with Crippen LogP contribution in [-0.4, -0.2) is 26.2 Å². The zero-order valence-electron chi connectivity index (χ0n) is 17.4. The van der Waals surface area contributed by atoms with Crippen LogP contribution in [0.25, 0.3) is 22.3 Å². The van der Waals surface area contributed by atoms with Gasteiger partial charge >= 0.3 is 11.4 Å². The minimum absolute atomic E-state index is 0.0693. The smallest absolute Gasteiger partial charge is 0.369 e. The van der Waals surface area contributed by atoms with Gasteiger partial charge in [0.05, 0.1) is 5.56 Å². The summed E-state index contributed by atoms with van der Waals surface area (Å²) in [6.45, 7) is 3.31. The monoisotopic (exact) mass is 423 g/mol. The van der Waals surface area contributed by atoms with Gasteiger partial charge in [-0.05, 0) is 30.3 Å². The van der Waals surface area contributed by atoms with Crippen LogP contribution >= 0.6 is 0 Å². The molecule has 158 valence electrons. The van der Waals surface area contributed by atoms with Gasteiger partial charge in [0.15, 0.2) is 6.07 Å². The van der Waals surface area contributed by atoms with Crippen molar-refractivity contribution in [2.75, 3.05) is 36.0 Å². The van der Waals surface area contributed by atoms with E-state index in [1.54, 1.807) is 36.4 Å². The Morgan fingerprint density at radius 3 is 1.91 bits per heavy atom. The van der Waals surface area contributed by atoms with Gasteiger partial charge in [-0.2, -0.15) is 9.99 Å². The molecule has 0 saturated carbocycles. The summed E-state index contributed by atoms with van der Waals surface area (Å²) >= 11 is 0. The average Bonchev–Trinajstić information content (AvgIpc) is 2.87. The Morgan fingerprint density at radius 1 is 0.688 bits per heavy atom. The van der Waals surface area contributed by atoms with Crippen molar-refractivity contribution < 1.29 is 9.46 Å². The predicted molar refractivity (Wildman–Crippen MR) is 123 cm³/mol. The molecule has 7 nitrogen and oxygen atoms in total. The molecule has 0 atom stereocenters. The van der Waals surface area contributed by atoms with Crippen LogP contribution in [-0.2, 0) is 0 Å². The summed E-state index contributed by atoms with van der Waals surface area (Å²) in [6, 6.07) is 26.3. The number of fused-ring (bicyclic) bond motifs is 1. The zero-order chi connectivity index (χ0) is 22.1. The van der Waals surface area contributed by atoms with Crippen molar-refractivity contribution in [1.82, 2.24) is 0 Å². The highest BCUT2D eigenvalue weighted by atomic mass is 16.5. The van der Waals surface area contributed by atoms with Crippen LogP contribution in [0.3, 0.4) is 0 Å². The van der Waals surface area contributed by atoms with E-state index in [9.17, 15) is 15.7 Å². The number of benzene rings is 3. The van der Waals surface area contributed by atoms with Crippen LogP contribution in [0, 0.1) is 21.7 Å². The molecule has 0 spiro atoms. The van der Waals surface area contributed by atoms with Gasteiger partial charge in [-0.1, -0.05) is 36.4 Å². The lowest BCUT2D eigenvalue weighted by molar-refractivity contribution is -0.622. The second kappa shape index (κ2) is 8.08. The van der Waals surface area contributed by atoms with E-state index in [-0.39, 0.29) is 22.4 Å². The normalized spacial score (nSPS) is 13.8. The first kappa shape index (κ1) is 19.6. The molecule has 1 aromatic heterocycles. The van der Waals surface area contributed by atoms with Gasteiger partial charge in [-0.3, -0.25) is 0 Å². The molecule has 3 aromatic carbocycles. The third-order valence-electron chi connectivity index (χ3n) is 5.95. The van der Waals surface area contributed by atoms with Crippen molar-refractivity contribution in [1.29, 1.82) is 5.26 Å². The van der Waals surface area contributed by atoms with Gasteiger partial charge in [0.2, 0.25) is 0 Å². The highest BCUT2D eigenvalue weighted by Gasteiger charge is 2.30. The summed E-state index contributed by atoms with van der Waals surface area (Å²) < 4.78 is 1.27. The first-order valence-corrected chi connectivity index (χ1v) is 10.5. The Bertz CT molecular complexity index is 1310. The molecule has 0 bridgehead atoms. The number of nitriles is 1. The van der Waals surface area contributed by atoms with E-state index in [0.717, 1.165) is 31.9 Å². The Hall–Kier alpha value is -4.31. The van der Waals surface area contributed by atoms with Crippen molar-refractivity contribution >= 4 is 22.4 Å². The van der Waals surface area contributed by atoms with Crippen LogP contribution in [0.5, 0.6) is 0 Å². The summed E-state index contributed by atoms with van der Waals surface area (Å²) in [6.07, 6.45) is 0. The molecule has 5 rings (SSSR count). The molecule has 0 aliphatic carbocycles. The maximum absolute atomic E-state index is 13.1. The number of hydrogen-bond donors (Lipinski definition) is 0. The van der Waals surface area contributed by atoms with Gasteiger partial charge in [-0.25, -0.2) is 0 Å². The zero-order valence-corrected chi connectivity index (χ0v) is 17.4. The summed E-state index contributed by atoms with van der Waals surface area (Å²) in [5.74, 6) is 0. The Balaban J connectivity index is 1.50. The largest absolute Gasteiger partial charge is 0.617 e. The Labute approximate surface area is 185 Å². The number of piperazine rings is 1. The molecule has 4 aromatic rings. The quantitative estimate of drug-likeness (QED) is 0.374. The average molecular weight is 423 g/mol. The highest BCUT2D eigenvalue weighted by Crippen LogP contribution is 2.25. The van der Waals surface area contributed by atoms with Gasteiger partial charge in [0.1, 0.15) is 0 Å². The summed E-state index contributed by atoms with van der Waals surface area (Å²) in [5, 5.41) is 35.9. The molecule has 0 amide bonds. The molecule has 2 heterocycles. The van der Waals surface area contributed by atoms with Gasteiger partial charge in [-0.15, -0.1) is 4.73 Å². The van der Waals surface area contributed by atoms with Crippen LogP contribution in [0.2, 0.25) is 0 Å². The molecular weight excluding hydrogens is 402 g/mol. The van der Waals surface area contributed by atoms with Crippen molar-refractivity contribution in [3.8, 4) is 17.3 Å². The highest BCUT2D eigenvalue weighted by molar-refractivity contribution is 5.76. The van der Waals surface area contributed by atoms with Gasteiger partial charge in [0.25, 0.3) is 11.0 Å². The molecule has 1 aliphatic heterocycles. The lowest BCUT2D eigenvalue weighted by Gasteiger charge is -2.37. The first-order chi connectivity index (χ1) is 15.7. The third-order valence-corrected chi connectivity index (χ3v) is 5.95. The molecule has 0 N–H and O–H groups in total. The standard InChI is InChI=1S/C25H21N5O2/c26-18-24-25(19-7-3-1-4-8-19)30(32)22-12-11-21(17-23(22)29(24)31)28-15-13-27(14-16-28)20-9-5-2-6-10-20/h1-12,17H,13-16H2. The predicted octanol–water partition coefficient (Wildman–Crippen LogP) is 2.97. The number of para-hydroxylation sites is 1. The maximum Gasteiger partial charge on any atom is 0.369 e. The van der Waals surface area contributed by atoms with Crippen molar-refractivity contribution in [2.45, 2.75) is 0 Å².